The van der Waals surface area contributed by atoms with Crippen LogP contribution in [0.3, 0.4) is 0 Å². The summed E-state index contributed by atoms with van der Waals surface area (Å²) in [6, 6.07) is 6.96. The molecule has 0 saturated carbocycles. The molecule has 1 amide bonds. The van der Waals surface area contributed by atoms with Crippen molar-refractivity contribution in [2.45, 2.75) is 26.3 Å². The fraction of sp³-hybridized carbons (Fsp3) is 0.308. The van der Waals surface area contributed by atoms with Crippen LogP contribution in [0, 0.1) is 0 Å². The van der Waals surface area contributed by atoms with Gasteiger partial charge in [0.05, 0.1) is 17.1 Å². The van der Waals surface area contributed by atoms with Crippen LogP contribution in [0.25, 0.3) is 5.69 Å². The van der Waals surface area contributed by atoms with E-state index in [1.54, 1.807) is 28.9 Å². The topological polar surface area (TPSA) is 99.8 Å². The van der Waals surface area contributed by atoms with Crippen molar-refractivity contribution >= 4 is 5.91 Å². The van der Waals surface area contributed by atoms with Crippen molar-refractivity contribution in [3.8, 4) is 5.69 Å². The molecule has 0 unspecified atom stereocenters. The van der Waals surface area contributed by atoms with Gasteiger partial charge in [-0.05, 0) is 30.7 Å². The van der Waals surface area contributed by atoms with Crippen LogP contribution in [0.2, 0.25) is 0 Å². The van der Waals surface area contributed by atoms with E-state index in [0.717, 1.165) is 29.9 Å². The van der Waals surface area contributed by atoms with Gasteiger partial charge in [0.2, 0.25) is 5.91 Å². The fourth-order valence-corrected chi connectivity index (χ4v) is 1.95. The van der Waals surface area contributed by atoms with Gasteiger partial charge in [-0.15, -0.1) is 5.10 Å². The molecule has 1 heterocycles. The summed E-state index contributed by atoms with van der Waals surface area (Å²) in [6.07, 6.45) is 1.84. The summed E-state index contributed by atoms with van der Waals surface area (Å²) in [7, 11) is 0. The van der Waals surface area contributed by atoms with E-state index in [1.807, 2.05) is 0 Å². The average Bonchev–Trinajstić information content (AvgIpc) is 2.82. The number of hydrogen-bond donors (Lipinski definition) is 2. The van der Waals surface area contributed by atoms with Crippen molar-refractivity contribution in [3.63, 3.8) is 0 Å². The van der Waals surface area contributed by atoms with Crippen LogP contribution in [-0.4, -0.2) is 20.9 Å². The number of aromatic nitrogens is 3. The number of hydrogen-bond acceptors (Lipinski definition) is 4. The second-order valence-electron chi connectivity index (χ2n) is 4.26. The molecule has 2 rings (SSSR count). The van der Waals surface area contributed by atoms with Gasteiger partial charge in [-0.25, -0.2) is 4.68 Å². The number of carbonyl (C=O) groups excluding carboxylic acids is 1. The number of benzene rings is 1. The van der Waals surface area contributed by atoms with Crippen LogP contribution in [0.15, 0.2) is 24.3 Å². The summed E-state index contributed by atoms with van der Waals surface area (Å²) in [4.78, 5) is 11.0. The zero-order chi connectivity index (χ0) is 13.8. The zero-order valence-corrected chi connectivity index (χ0v) is 10.8. The van der Waals surface area contributed by atoms with Crippen LogP contribution in [0.1, 0.15) is 35.1 Å². The minimum absolute atomic E-state index is 0.370. The van der Waals surface area contributed by atoms with Crippen LogP contribution in [-0.2, 0) is 13.0 Å². The molecule has 1 aromatic heterocycles. The largest absolute Gasteiger partial charge is 0.366 e. The van der Waals surface area contributed by atoms with Gasteiger partial charge in [0.15, 0.2) is 0 Å². The Balaban J connectivity index is 2.40. The highest BCUT2D eigenvalue weighted by molar-refractivity contribution is 5.92. The number of nitrogens with zero attached hydrogens (tertiary/aromatic N) is 3. The van der Waals surface area contributed by atoms with E-state index in [4.69, 9.17) is 11.5 Å². The molecule has 100 valence electrons. The number of carbonyl (C=O) groups is 1. The molecule has 4 N–H and O–H groups in total. The second-order valence-corrected chi connectivity index (χ2v) is 4.26. The molecule has 0 aliphatic carbocycles. The maximum Gasteiger partial charge on any atom is 0.248 e. The summed E-state index contributed by atoms with van der Waals surface area (Å²) in [5, 5.41) is 8.20. The van der Waals surface area contributed by atoms with Crippen molar-refractivity contribution in [1.29, 1.82) is 0 Å². The van der Waals surface area contributed by atoms with Crippen LogP contribution in [0.5, 0.6) is 0 Å². The van der Waals surface area contributed by atoms with Gasteiger partial charge < -0.3 is 11.5 Å². The van der Waals surface area contributed by atoms with Gasteiger partial charge in [-0.2, -0.15) is 0 Å². The van der Waals surface area contributed by atoms with E-state index >= 15 is 0 Å². The van der Waals surface area contributed by atoms with E-state index < -0.39 is 5.91 Å². The van der Waals surface area contributed by atoms with E-state index in [1.165, 1.54) is 0 Å². The number of nitrogens with two attached hydrogens (primary N) is 2. The number of amides is 1. The molecular weight excluding hydrogens is 242 g/mol. The lowest BCUT2D eigenvalue weighted by Crippen LogP contribution is -2.11. The Morgan fingerprint density at radius 3 is 2.53 bits per heavy atom. The molecular formula is C13H17N5O. The fourth-order valence-electron chi connectivity index (χ4n) is 1.95. The monoisotopic (exact) mass is 259 g/mol. The molecule has 1 aromatic carbocycles. The summed E-state index contributed by atoms with van der Waals surface area (Å²) in [5.74, 6) is -0.443. The molecule has 0 bridgehead atoms. The lowest BCUT2D eigenvalue weighted by Gasteiger charge is -2.07. The Morgan fingerprint density at radius 1 is 1.32 bits per heavy atom. The van der Waals surface area contributed by atoms with Crippen molar-refractivity contribution < 1.29 is 4.79 Å². The highest BCUT2D eigenvalue weighted by Gasteiger charge is 2.12. The molecule has 6 nitrogen and oxygen atoms in total. The van der Waals surface area contributed by atoms with Crippen molar-refractivity contribution in [3.05, 3.63) is 41.2 Å². The highest BCUT2D eigenvalue weighted by atomic mass is 16.1. The first-order valence-corrected chi connectivity index (χ1v) is 6.21. The maximum absolute atomic E-state index is 11.0. The Hall–Kier alpha value is -2.21. The third-order valence-corrected chi connectivity index (χ3v) is 2.92. The Kier molecular flexibility index (Phi) is 3.91. The van der Waals surface area contributed by atoms with Gasteiger partial charge in [-0.3, -0.25) is 4.79 Å². The van der Waals surface area contributed by atoms with Gasteiger partial charge in [-0.1, -0.05) is 18.6 Å². The predicted octanol–water partition coefficient (Wildman–Crippen LogP) is 0.777. The summed E-state index contributed by atoms with van der Waals surface area (Å²) in [5.41, 5.74) is 14.0. The summed E-state index contributed by atoms with van der Waals surface area (Å²) in [6.45, 7) is 2.46. The number of rotatable bonds is 5. The second kappa shape index (κ2) is 5.62. The molecule has 2 aromatic rings. The van der Waals surface area contributed by atoms with Crippen LogP contribution in [0.4, 0.5) is 0 Å². The van der Waals surface area contributed by atoms with E-state index in [-0.39, 0.29) is 0 Å². The molecule has 6 heteroatoms. The van der Waals surface area contributed by atoms with Crippen molar-refractivity contribution in [2.75, 3.05) is 0 Å². The third-order valence-electron chi connectivity index (χ3n) is 2.92. The minimum Gasteiger partial charge on any atom is -0.366 e. The first kappa shape index (κ1) is 13.2. The van der Waals surface area contributed by atoms with Gasteiger partial charge in [0.1, 0.15) is 0 Å². The van der Waals surface area contributed by atoms with Crippen molar-refractivity contribution in [1.82, 2.24) is 15.0 Å². The third kappa shape index (κ3) is 2.63. The summed E-state index contributed by atoms with van der Waals surface area (Å²) >= 11 is 0. The van der Waals surface area contributed by atoms with Gasteiger partial charge in [0, 0.05) is 12.1 Å². The highest BCUT2D eigenvalue weighted by Crippen LogP contribution is 2.15. The van der Waals surface area contributed by atoms with Gasteiger partial charge >= 0.3 is 0 Å². The SMILES string of the molecule is CCCc1c(CN)nnn1-c1ccc(C(N)=O)cc1. The van der Waals surface area contributed by atoms with Crippen LogP contribution >= 0.6 is 0 Å². The zero-order valence-electron chi connectivity index (χ0n) is 10.8. The quantitative estimate of drug-likeness (QED) is 0.828. The Labute approximate surface area is 111 Å². The molecule has 0 atom stereocenters. The molecule has 0 aliphatic rings. The molecule has 0 spiro atoms. The van der Waals surface area contributed by atoms with E-state index in [0.29, 0.717) is 12.1 Å². The maximum atomic E-state index is 11.0. The molecule has 0 fully saturated rings. The van der Waals surface area contributed by atoms with Crippen LogP contribution < -0.4 is 11.5 Å². The van der Waals surface area contributed by atoms with E-state index in [9.17, 15) is 4.79 Å². The first-order chi connectivity index (χ1) is 9.17. The smallest absolute Gasteiger partial charge is 0.248 e. The standard InChI is InChI=1S/C13H17N5O/c1-2-3-12-11(8-14)16-17-18(12)10-6-4-9(5-7-10)13(15)19/h4-7H,2-3,8,14H2,1H3,(H2,15,19). The minimum atomic E-state index is -0.443. The molecule has 19 heavy (non-hydrogen) atoms. The Bertz CT molecular complexity index is 573. The van der Waals surface area contributed by atoms with Gasteiger partial charge in [0.25, 0.3) is 0 Å². The molecule has 0 radical (unpaired) electrons. The van der Waals surface area contributed by atoms with Crippen molar-refractivity contribution in [2.24, 2.45) is 11.5 Å². The first-order valence-electron chi connectivity index (χ1n) is 6.21. The lowest BCUT2D eigenvalue weighted by molar-refractivity contribution is 0.100. The van der Waals surface area contributed by atoms with E-state index in [2.05, 4.69) is 17.2 Å². The Morgan fingerprint density at radius 2 is 2.00 bits per heavy atom. The normalized spacial score (nSPS) is 10.6. The average molecular weight is 259 g/mol. The predicted molar refractivity (Wildman–Crippen MR) is 71.8 cm³/mol. The molecule has 0 saturated heterocycles. The number of primary amides is 1. The lowest BCUT2D eigenvalue weighted by atomic mass is 10.1. The summed E-state index contributed by atoms with van der Waals surface area (Å²) < 4.78 is 1.76. The molecule has 0 aliphatic heterocycles.